The molecule has 4 nitrogen and oxygen atoms in total. The highest BCUT2D eigenvalue weighted by molar-refractivity contribution is 5.97. The predicted molar refractivity (Wildman–Crippen MR) is 74.5 cm³/mol. The Labute approximate surface area is 117 Å². The second-order valence-electron chi connectivity index (χ2n) is 4.71. The lowest BCUT2D eigenvalue weighted by Gasteiger charge is -2.25. The third-order valence-corrected chi connectivity index (χ3v) is 3.40. The molecule has 1 aliphatic heterocycles. The van der Waals surface area contributed by atoms with Gasteiger partial charge in [0.15, 0.2) is 6.29 Å². The molecule has 4 heteroatoms. The Morgan fingerprint density at radius 2 is 1.95 bits per heavy atom. The van der Waals surface area contributed by atoms with Crippen molar-refractivity contribution in [1.29, 1.82) is 0 Å². The van der Waals surface area contributed by atoms with Crippen LogP contribution in [0.1, 0.15) is 28.6 Å². The monoisotopic (exact) mass is 272 g/mol. The van der Waals surface area contributed by atoms with Crippen LogP contribution < -0.4 is 0 Å². The largest absolute Gasteiger partial charge is 0.465 e. The average molecular weight is 272 g/mol. The molecule has 0 radical (unpaired) electrons. The average Bonchev–Trinajstić information content (AvgIpc) is 2.54. The molecule has 0 amide bonds. The molecule has 20 heavy (non-hydrogen) atoms. The van der Waals surface area contributed by atoms with Crippen molar-refractivity contribution in [3.05, 3.63) is 47.5 Å². The number of benzene rings is 2. The van der Waals surface area contributed by atoms with E-state index in [0.29, 0.717) is 18.8 Å². The SMILES string of the molecule is COC(=O)c1cc(C2OCCCO2)c2ccccc2c1. The van der Waals surface area contributed by atoms with Gasteiger partial charge >= 0.3 is 5.97 Å². The zero-order chi connectivity index (χ0) is 13.9. The number of hydrogen-bond acceptors (Lipinski definition) is 4. The first-order valence-corrected chi connectivity index (χ1v) is 6.64. The number of esters is 1. The lowest BCUT2D eigenvalue weighted by molar-refractivity contribution is -0.182. The Hall–Kier alpha value is -1.91. The van der Waals surface area contributed by atoms with Gasteiger partial charge in [0.1, 0.15) is 0 Å². The molecule has 0 spiro atoms. The summed E-state index contributed by atoms with van der Waals surface area (Å²) in [6.45, 7) is 1.34. The second kappa shape index (κ2) is 5.61. The van der Waals surface area contributed by atoms with Crippen molar-refractivity contribution >= 4 is 16.7 Å². The van der Waals surface area contributed by atoms with Crippen LogP contribution in [0.5, 0.6) is 0 Å². The van der Waals surface area contributed by atoms with E-state index >= 15 is 0 Å². The van der Waals surface area contributed by atoms with Crippen LogP contribution >= 0.6 is 0 Å². The quantitative estimate of drug-likeness (QED) is 0.788. The first-order valence-electron chi connectivity index (χ1n) is 6.64. The molecule has 0 aliphatic carbocycles. The first-order chi connectivity index (χ1) is 9.79. The van der Waals surface area contributed by atoms with Crippen LogP contribution in [0.15, 0.2) is 36.4 Å². The van der Waals surface area contributed by atoms with E-state index in [1.165, 1.54) is 7.11 Å². The summed E-state index contributed by atoms with van der Waals surface area (Å²) in [5.74, 6) is -0.354. The fourth-order valence-electron chi connectivity index (χ4n) is 2.44. The summed E-state index contributed by atoms with van der Waals surface area (Å²) in [6, 6.07) is 11.5. The Bertz CT molecular complexity index is 629. The van der Waals surface area contributed by atoms with Crippen molar-refractivity contribution in [2.75, 3.05) is 20.3 Å². The predicted octanol–water partition coefficient (Wildman–Crippen LogP) is 3.06. The van der Waals surface area contributed by atoms with Crippen LogP contribution in [-0.2, 0) is 14.2 Å². The van der Waals surface area contributed by atoms with E-state index in [2.05, 4.69) is 0 Å². The smallest absolute Gasteiger partial charge is 0.337 e. The Kier molecular flexibility index (Phi) is 3.67. The van der Waals surface area contributed by atoms with E-state index in [0.717, 1.165) is 22.8 Å². The van der Waals surface area contributed by atoms with Crippen molar-refractivity contribution in [1.82, 2.24) is 0 Å². The van der Waals surface area contributed by atoms with Gasteiger partial charge in [-0.3, -0.25) is 0 Å². The minimum Gasteiger partial charge on any atom is -0.465 e. The summed E-state index contributed by atoms with van der Waals surface area (Å²) in [5.41, 5.74) is 1.39. The number of rotatable bonds is 2. The highest BCUT2D eigenvalue weighted by Crippen LogP contribution is 2.31. The van der Waals surface area contributed by atoms with E-state index in [4.69, 9.17) is 14.2 Å². The van der Waals surface area contributed by atoms with Crippen LogP contribution in [0.25, 0.3) is 10.8 Å². The molecule has 2 aromatic carbocycles. The molecule has 0 atom stereocenters. The molecular formula is C16H16O4. The molecule has 0 aromatic heterocycles. The number of hydrogen-bond donors (Lipinski definition) is 0. The first kappa shape index (κ1) is 13.1. The highest BCUT2D eigenvalue weighted by Gasteiger charge is 2.21. The summed E-state index contributed by atoms with van der Waals surface area (Å²) in [5, 5.41) is 2.01. The molecule has 1 aliphatic rings. The number of carbonyl (C=O) groups is 1. The van der Waals surface area contributed by atoms with Gasteiger partial charge < -0.3 is 14.2 Å². The Morgan fingerprint density at radius 1 is 1.20 bits per heavy atom. The number of carbonyl (C=O) groups excluding carboxylic acids is 1. The van der Waals surface area contributed by atoms with Gasteiger partial charge in [-0.15, -0.1) is 0 Å². The number of methoxy groups -OCH3 is 1. The zero-order valence-corrected chi connectivity index (χ0v) is 11.3. The lowest BCUT2D eigenvalue weighted by atomic mass is 10.00. The van der Waals surface area contributed by atoms with Gasteiger partial charge in [-0.05, 0) is 29.3 Å². The summed E-state index contributed by atoms with van der Waals surface area (Å²) >= 11 is 0. The van der Waals surface area contributed by atoms with E-state index in [9.17, 15) is 4.79 Å². The summed E-state index contributed by atoms with van der Waals surface area (Å²) < 4.78 is 16.1. The van der Waals surface area contributed by atoms with E-state index in [1.54, 1.807) is 6.07 Å². The van der Waals surface area contributed by atoms with Crippen molar-refractivity contribution in [2.45, 2.75) is 12.7 Å². The minimum atomic E-state index is -0.418. The van der Waals surface area contributed by atoms with Gasteiger partial charge in [0, 0.05) is 5.56 Å². The summed E-state index contributed by atoms with van der Waals surface area (Å²) in [7, 11) is 1.38. The van der Waals surface area contributed by atoms with Crippen LogP contribution in [-0.4, -0.2) is 26.3 Å². The Balaban J connectivity index is 2.13. The molecule has 0 bridgehead atoms. The minimum absolute atomic E-state index is 0.354. The lowest BCUT2D eigenvalue weighted by Crippen LogP contribution is -2.18. The van der Waals surface area contributed by atoms with Crippen LogP contribution in [0.2, 0.25) is 0 Å². The summed E-state index contributed by atoms with van der Waals surface area (Å²) in [4.78, 5) is 11.8. The van der Waals surface area contributed by atoms with Gasteiger partial charge in [-0.2, -0.15) is 0 Å². The third kappa shape index (κ3) is 2.40. The molecule has 1 fully saturated rings. The van der Waals surface area contributed by atoms with Crippen LogP contribution in [0.3, 0.4) is 0 Å². The maximum atomic E-state index is 11.8. The molecule has 2 aromatic rings. The number of fused-ring (bicyclic) bond motifs is 1. The molecule has 0 saturated carbocycles. The van der Waals surface area contributed by atoms with Gasteiger partial charge in [0.05, 0.1) is 25.9 Å². The molecular weight excluding hydrogens is 256 g/mol. The van der Waals surface area contributed by atoms with Crippen LogP contribution in [0.4, 0.5) is 0 Å². The van der Waals surface area contributed by atoms with E-state index < -0.39 is 6.29 Å². The maximum absolute atomic E-state index is 11.8. The van der Waals surface area contributed by atoms with Gasteiger partial charge in [-0.25, -0.2) is 4.79 Å². The number of ether oxygens (including phenoxy) is 3. The van der Waals surface area contributed by atoms with E-state index in [1.807, 2.05) is 30.3 Å². The fourth-order valence-corrected chi connectivity index (χ4v) is 2.44. The standard InChI is InChI=1S/C16H16O4/c1-18-15(17)12-9-11-5-2-3-6-13(11)14(10-12)16-19-7-4-8-20-16/h2-3,5-6,9-10,16H,4,7-8H2,1H3. The van der Waals surface area contributed by atoms with Crippen LogP contribution in [0, 0.1) is 0 Å². The molecule has 3 rings (SSSR count). The topological polar surface area (TPSA) is 44.8 Å². The normalized spacial score (nSPS) is 16.2. The molecule has 1 saturated heterocycles. The third-order valence-electron chi connectivity index (χ3n) is 3.40. The molecule has 1 heterocycles. The maximum Gasteiger partial charge on any atom is 0.337 e. The highest BCUT2D eigenvalue weighted by atomic mass is 16.7. The van der Waals surface area contributed by atoms with Gasteiger partial charge in [-0.1, -0.05) is 24.3 Å². The van der Waals surface area contributed by atoms with Crippen molar-refractivity contribution in [3.63, 3.8) is 0 Å². The molecule has 0 N–H and O–H groups in total. The van der Waals surface area contributed by atoms with Crippen molar-refractivity contribution in [2.24, 2.45) is 0 Å². The zero-order valence-electron chi connectivity index (χ0n) is 11.3. The second-order valence-corrected chi connectivity index (χ2v) is 4.71. The molecule has 104 valence electrons. The molecule has 0 unspecified atom stereocenters. The van der Waals surface area contributed by atoms with Crippen molar-refractivity contribution < 1.29 is 19.0 Å². The fraction of sp³-hybridized carbons (Fsp3) is 0.312. The van der Waals surface area contributed by atoms with E-state index in [-0.39, 0.29) is 5.97 Å². The van der Waals surface area contributed by atoms with Gasteiger partial charge in [0.2, 0.25) is 0 Å². The summed E-state index contributed by atoms with van der Waals surface area (Å²) in [6.07, 6.45) is 0.476. The Morgan fingerprint density at radius 3 is 2.70 bits per heavy atom. The van der Waals surface area contributed by atoms with Gasteiger partial charge in [0.25, 0.3) is 0 Å². The van der Waals surface area contributed by atoms with Crippen molar-refractivity contribution in [3.8, 4) is 0 Å².